The number of hydrogen-bond acceptors (Lipinski definition) is 4. The van der Waals surface area contributed by atoms with Crippen LogP contribution in [0.5, 0.6) is 0 Å². The van der Waals surface area contributed by atoms with Crippen LogP contribution in [0.2, 0.25) is 0 Å². The summed E-state index contributed by atoms with van der Waals surface area (Å²) in [4.78, 5) is 11.8. The maximum atomic E-state index is 4.35. The van der Waals surface area contributed by atoms with Crippen molar-refractivity contribution < 1.29 is 0 Å². The summed E-state index contributed by atoms with van der Waals surface area (Å²) in [5.74, 6) is 0.891. The maximum Gasteiger partial charge on any atom is 0.191 e. The van der Waals surface area contributed by atoms with Crippen LogP contribution in [-0.4, -0.2) is 88.3 Å². The first-order valence-electron chi connectivity index (χ1n) is 10.4. The van der Waals surface area contributed by atoms with Crippen LogP contribution in [0.3, 0.4) is 0 Å². The molecule has 0 unspecified atom stereocenters. The van der Waals surface area contributed by atoms with Crippen LogP contribution in [0.25, 0.3) is 0 Å². The van der Waals surface area contributed by atoms with Crippen molar-refractivity contribution in [1.82, 2.24) is 20.4 Å². The number of hydrogen-bond donors (Lipinski definition) is 2. The number of aryl methyl sites for hydroxylation is 1. The van der Waals surface area contributed by atoms with Crippen molar-refractivity contribution in [2.24, 2.45) is 4.99 Å². The fourth-order valence-electron chi connectivity index (χ4n) is 3.49. The van der Waals surface area contributed by atoms with Crippen LogP contribution in [-0.2, 0) is 0 Å². The summed E-state index contributed by atoms with van der Waals surface area (Å²) in [6.07, 6.45) is 0. The van der Waals surface area contributed by atoms with E-state index in [9.17, 15) is 0 Å². The predicted molar refractivity (Wildman–Crippen MR) is 117 cm³/mol. The Labute approximate surface area is 165 Å². The minimum absolute atomic E-state index is 0.872. The van der Waals surface area contributed by atoms with Gasteiger partial charge in [-0.05, 0) is 38.1 Å². The number of nitrogens with zero attached hydrogens (tertiary/aromatic N) is 4. The van der Waals surface area contributed by atoms with E-state index in [2.05, 4.69) is 75.4 Å². The molecule has 0 saturated carbocycles. The number of piperazine rings is 1. The summed E-state index contributed by atoms with van der Waals surface area (Å²) in [6, 6.07) is 8.70. The van der Waals surface area contributed by atoms with Gasteiger partial charge in [0.15, 0.2) is 5.96 Å². The lowest BCUT2D eigenvalue weighted by molar-refractivity contribution is 0.139. The Bertz CT molecular complexity index is 566. The van der Waals surface area contributed by atoms with Crippen molar-refractivity contribution in [2.45, 2.75) is 20.8 Å². The van der Waals surface area contributed by atoms with Crippen LogP contribution >= 0.6 is 0 Å². The van der Waals surface area contributed by atoms with Crippen LogP contribution < -0.4 is 15.5 Å². The second-order valence-corrected chi connectivity index (χ2v) is 7.12. The van der Waals surface area contributed by atoms with Gasteiger partial charge in [0.05, 0.1) is 0 Å². The minimum Gasteiger partial charge on any atom is -0.370 e. The summed E-state index contributed by atoms with van der Waals surface area (Å²) >= 11 is 0. The van der Waals surface area contributed by atoms with E-state index in [0.29, 0.717) is 0 Å². The number of aliphatic imine (C=N–C) groups is 1. The van der Waals surface area contributed by atoms with Gasteiger partial charge in [0.25, 0.3) is 0 Å². The molecule has 0 aliphatic carbocycles. The average molecular weight is 375 g/mol. The molecule has 0 bridgehead atoms. The molecule has 0 aromatic heterocycles. The molecule has 1 fully saturated rings. The van der Waals surface area contributed by atoms with E-state index in [1.807, 2.05) is 7.05 Å². The molecule has 6 heteroatoms. The van der Waals surface area contributed by atoms with E-state index in [0.717, 1.165) is 38.7 Å². The quantitative estimate of drug-likeness (QED) is 0.508. The van der Waals surface area contributed by atoms with E-state index >= 15 is 0 Å². The number of benzene rings is 1. The molecule has 0 amide bonds. The molecule has 27 heavy (non-hydrogen) atoms. The van der Waals surface area contributed by atoms with Gasteiger partial charge in [0.1, 0.15) is 0 Å². The highest BCUT2D eigenvalue weighted by Gasteiger charge is 2.14. The van der Waals surface area contributed by atoms with Crippen molar-refractivity contribution >= 4 is 11.6 Å². The van der Waals surface area contributed by atoms with Gasteiger partial charge in [-0.1, -0.05) is 19.1 Å². The number of guanidine groups is 1. The van der Waals surface area contributed by atoms with Crippen molar-refractivity contribution in [2.75, 3.05) is 77.4 Å². The summed E-state index contributed by atoms with van der Waals surface area (Å²) in [7, 11) is 1.84. The Morgan fingerprint density at radius 3 is 2.41 bits per heavy atom. The lowest BCUT2D eigenvalue weighted by Gasteiger charge is -2.34. The van der Waals surface area contributed by atoms with E-state index < -0.39 is 0 Å². The Balaban J connectivity index is 1.66. The third kappa shape index (κ3) is 7.39. The fourth-order valence-corrected chi connectivity index (χ4v) is 3.49. The lowest BCUT2D eigenvalue weighted by Crippen LogP contribution is -2.49. The number of likely N-dealkylation sites (N-methyl/N-ethyl adjacent to an activating group) is 2. The Hall–Kier alpha value is -1.79. The molecule has 2 N–H and O–H groups in total. The molecule has 1 heterocycles. The zero-order valence-electron chi connectivity index (χ0n) is 17.7. The number of rotatable bonds is 9. The fraction of sp³-hybridized carbons (Fsp3) is 0.667. The first-order valence-corrected chi connectivity index (χ1v) is 10.4. The summed E-state index contributed by atoms with van der Waals surface area (Å²) < 4.78 is 0. The first-order chi connectivity index (χ1) is 13.2. The van der Waals surface area contributed by atoms with Crippen LogP contribution in [0, 0.1) is 6.92 Å². The number of anilines is 1. The van der Waals surface area contributed by atoms with Gasteiger partial charge in [0.2, 0.25) is 0 Å². The number of nitrogens with one attached hydrogen (secondary N) is 2. The molecule has 1 aliphatic heterocycles. The van der Waals surface area contributed by atoms with Crippen LogP contribution in [0.4, 0.5) is 5.69 Å². The summed E-state index contributed by atoms with van der Waals surface area (Å²) in [6.45, 7) is 17.3. The third-order valence-electron chi connectivity index (χ3n) is 5.28. The molecule has 0 radical (unpaired) electrons. The van der Waals surface area contributed by atoms with Gasteiger partial charge < -0.3 is 20.4 Å². The monoisotopic (exact) mass is 374 g/mol. The smallest absolute Gasteiger partial charge is 0.191 e. The van der Waals surface area contributed by atoms with Crippen molar-refractivity contribution in [3.05, 3.63) is 29.8 Å². The standard InChI is InChI=1S/C21H38N6/c1-5-25-14-16-26(17-15-25)12-10-23-21(22-4)24-11-13-27(6-2)20-9-7-8-19(3)18-20/h7-9,18H,5-6,10-17H2,1-4H3,(H2,22,23,24). The van der Waals surface area contributed by atoms with Crippen LogP contribution in [0.1, 0.15) is 19.4 Å². The van der Waals surface area contributed by atoms with E-state index in [4.69, 9.17) is 0 Å². The Morgan fingerprint density at radius 2 is 1.78 bits per heavy atom. The van der Waals surface area contributed by atoms with E-state index in [1.165, 1.54) is 44.0 Å². The van der Waals surface area contributed by atoms with Gasteiger partial charge in [-0.3, -0.25) is 9.89 Å². The van der Waals surface area contributed by atoms with Crippen molar-refractivity contribution in [3.63, 3.8) is 0 Å². The summed E-state index contributed by atoms with van der Waals surface area (Å²) in [5.41, 5.74) is 2.59. The Morgan fingerprint density at radius 1 is 1.07 bits per heavy atom. The molecule has 0 spiro atoms. The molecule has 2 rings (SSSR count). The second kappa shape index (κ2) is 11.8. The largest absolute Gasteiger partial charge is 0.370 e. The molecule has 152 valence electrons. The van der Waals surface area contributed by atoms with Crippen LogP contribution in [0.15, 0.2) is 29.3 Å². The highest BCUT2D eigenvalue weighted by atomic mass is 15.3. The molecule has 0 atom stereocenters. The minimum atomic E-state index is 0.872. The summed E-state index contributed by atoms with van der Waals surface area (Å²) in [5, 5.41) is 6.89. The highest BCUT2D eigenvalue weighted by molar-refractivity contribution is 5.79. The zero-order chi connectivity index (χ0) is 19.5. The van der Waals surface area contributed by atoms with Gasteiger partial charge >= 0.3 is 0 Å². The van der Waals surface area contributed by atoms with Gasteiger partial charge in [-0.25, -0.2) is 0 Å². The molecule has 1 saturated heterocycles. The molecule has 6 nitrogen and oxygen atoms in total. The molecular formula is C21H38N6. The highest BCUT2D eigenvalue weighted by Crippen LogP contribution is 2.14. The molecule has 1 aromatic rings. The normalized spacial score (nSPS) is 16.4. The SMILES string of the molecule is CCN1CCN(CCNC(=NC)NCCN(CC)c2cccc(C)c2)CC1. The van der Waals surface area contributed by atoms with E-state index in [-0.39, 0.29) is 0 Å². The zero-order valence-corrected chi connectivity index (χ0v) is 17.7. The third-order valence-corrected chi connectivity index (χ3v) is 5.28. The second-order valence-electron chi connectivity index (χ2n) is 7.12. The van der Waals surface area contributed by atoms with Crippen molar-refractivity contribution in [3.8, 4) is 0 Å². The van der Waals surface area contributed by atoms with Gasteiger partial charge in [-0.15, -0.1) is 0 Å². The van der Waals surface area contributed by atoms with Gasteiger partial charge in [0, 0.05) is 71.6 Å². The Kier molecular flexibility index (Phi) is 9.42. The topological polar surface area (TPSA) is 46.1 Å². The lowest BCUT2D eigenvalue weighted by atomic mass is 10.2. The predicted octanol–water partition coefficient (Wildman–Crippen LogP) is 1.62. The molecule has 1 aromatic carbocycles. The van der Waals surface area contributed by atoms with Gasteiger partial charge in [-0.2, -0.15) is 0 Å². The van der Waals surface area contributed by atoms with E-state index in [1.54, 1.807) is 0 Å². The molecule has 1 aliphatic rings. The maximum absolute atomic E-state index is 4.35. The van der Waals surface area contributed by atoms with Crippen molar-refractivity contribution in [1.29, 1.82) is 0 Å². The average Bonchev–Trinajstić information content (AvgIpc) is 2.70. The first kappa shape index (κ1) is 21.5. The molecular weight excluding hydrogens is 336 g/mol.